The second-order valence-electron chi connectivity index (χ2n) is 9.91. The molecule has 0 saturated carbocycles. The number of aromatic nitrogens is 1. The topological polar surface area (TPSA) is 68.5 Å². The molecule has 1 aliphatic carbocycles. The van der Waals surface area contributed by atoms with E-state index in [1.165, 1.54) is 53.2 Å². The third kappa shape index (κ3) is 4.90. The second-order valence-corrected chi connectivity index (χ2v) is 11.5. The van der Waals surface area contributed by atoms with Gasteiger partial charge in [0.2, 0.25) is 0 Å². The summed E-state index contributed by atoms with van der Waals surface area (Å²) in [5, 5.41) is 12.4. The summed E-state index contributed by atoms with van der Waals surface area (Å²) < 4.78 is 90.0. The van der Waals surface area contributed by atoms with Crippen molar-refractivity contribution >= 4 is 21.0 Å². The summed E-state index contributed by atoms with van der Waals surface area (Å²) in [5.41, 5.74) is -1.29. The van der Waals surface area contributed by atoms with Crippen molar-refractivity contribution in [1.82, 2.24) is 4.57 Å². The van der Waals surface area contributed by atoms with E-state index in [2.05, 4.69) is 0 Å². The molecule has 0 radical (unpaired) electrons. The van der Waals surface area contributed by atoms with Crippen molar-refractivity contribution in [2.45, 2.75) is 38.1 Å². The molecule has 5 rings (SSSR count). The van der Waals surface area contributed by atoms with Gasteiger partial charge in [-0.15, -0.1) is 0 Å². The van der Waals surface area contributed by atoms with Gasteiger partial charge >= 0.3 is 6.18 Å². The van der Waals surface area contributed by atoms with Gasteiger partial charge in [0.15, 0.2) is 0 Å². The van der Waals surface area contributed by atoms with Gasteiger partial charge < -0.3 is 9.67 Å². The molecule has 0 amide bonds. The predicted octanol–water partition coefficient (Wildman–Crippen LogP) is 7.17. The van der Waals surface area contributed by atoms with Gasteiger partial charge in [-0.1, -0.05) is 55.5 Å². The standard InChI is InChI=1S/C31H27F4NO4S/c1-3-16-40-41(38,39)28-15-14-20(2)29(37)30(28,22-9-7-11-24(32)18-22)36-19-26(25-12-4-5-13-27(25)36)21-8-6-10-23(17-21)31(33,34)35/h4-15,17-19,29,37H,3,16H2,1-2H3/t29-,30+/m0/s1. The zero-order chi connectivity index (χ0) is 29.6. The van der Waals surface area contributed by atoms with Crippen LogP contribution in [0.25, 0.3) is 22.0 Å². The lowest BCUT2D eigenvalue weighted by molar-refractivity contribution is -0.137. The van der Waals surface area contributed by atoms with Gasteiger partial charge in [0.05, 0.1) is 12.2 Å². The van der Waals surface area contributed by atoms with Gasteiger partial charge in [-0.3, -0.25) is 4.18 Å². The number of rotatable bonds is 7. The molecule has 0 saturated heterocycles. The Balaban J connectivity index is 1.90. The van der Waals surface area contributed by atoms with Gasteiger partial charge in [0.1, 0.15) is 22.4 Å². The molecule has 41 heavy (non-hydrogen) atoms. The van der Waals surface area contributed by atoms with Crippen LogP contribution < -0.4 is 0 Å². The molecule has 2 atom stereocenters. The fourth-order valence-corrected chi connectivity index (χ4v) is 6.86. The number of benzene rings is 3. The zero-order valence-corrected chi connectivity index (χ0v) is 23.0. The highest BCUT2D eigenvalue weighted by Crippen LogP contribution is 2.49. The minimum absolute atomic E-state index is 0.115. The number of nitrogens with zero attached hydrogens (tertiary/aromatic N) is 1. The summed E-state index contributed by atoms with van der Waals surface area (Å²) in [6, 6.07) is 16.8. The highest BCUT2D eigenvalue weighted by molar-refractivity contribution is 7.90. The second kappa shape index (κ2) is 10.6. The van der Waals surface area contributed by atoms with E-state index < -0.39 is 39.3 Å². The lowest BCUT2D eigenvalue weighted by atomic mass is 9.77. The third-order valence-electron chi connectivity index (χ3n) is 7.27. The van der Waals surface area contributed by atoms with Crippen LogP contribution >= 0.6 is 0 Å². The minimum atomic E-state index is -4.58. The number of hydrogen-bond donors (Lipinski definition) is 1. The molecule has 0 unspecified atom stereocenters. The Morgan fingerprint density at radius 3 is 2.44 bits per heavy atom. The molecule has 10 heteroatoms. The molecule has 0 fully saturated rings. The first-order valence-electron chi connectivity index (χ1n) is 12.9. The van der Waals surface area contributed by atoms with E-state index in [1.54, 1.807) is 38.1 Å². The number of alkyl halides is 3. The smallest absolute Gasteiger partial charge is 0.386 e. The first kappa shape index (κ1) is 28.8. The Kier molecular flexibility index (Phi) is 7.44. The van der Waals surface area contributed by atoms with Crippen molar-refractivity contribution in [3.05, 3.63) is 119 Å². The monoisotopic (exact) mass is 585 g/mol. The van der Waals surface area contributed by atoms with Gasteiger partial charge in [-0.05, 0) is 66.5 Å². The van der Waals surface area contributed by atoms with E-state index in [1.807, 2.05) is 0 Å². The van der Waals surface area contributed by atoms with E-state index in [-0.39, 0.29) is 22.6 Å². The van der Waals surface area contributed by atoms with Crippen LogP contribution in [0.15, 0.2) is 102 Å². The maximum Gasteiger partial charge on any atom is 0.416 e. The Hall–Kier alpha value is -3.73. The van der Waals surface area contributed by atoms with E-state index in [4.69, 9.17) is 4.18 Å². The van der Waals surface area contributed by atoms with Gasteiger partial charge in [0, 0.05) is 22.7 Å². The molecule has 3 aromatic carbocycles. The van der Waals surface area contributed by atoms with Gasteiger partial charge in [-0.2, -0.15) is 21.6 Å². The highest BCUT2D eigenvalue weighted by atomic mass is 32.2. The van der Waals surface area contributed by atoms with Crippen molar-refractivity contribution < 1.29 is 35.3 Å². The molecule has 1 N–H and O–H groups in total. The summed E-state index contributed by atoms with van der Waals surface area (Å²) >= 11 is 0. The average Bonchev–Trinajstić information content (AvgIpc) is 3.33. The molecule has 0 spiro atoms. The predicted molar refractivity (Wildman–Crippen MR) is 149 cm³/mol. The van der Waals surface area contributed by atoms with E-state index >= 15 is 0 Å². The molecule has 214 valence electrons. The lowest BCUT2D eigenvalue weighted by Crippen LogP contribution is -2.51. The third-order valence-corrected chi connectivity index (χ3v) is 8.73. The van der Waals surface area contributed by atoms with Crippen LogP contribution in [0.4, 0.5) is 17.6 Å². The fraction of sp³-hybridized carbons (Fsp3) is 0.226. The Bertz CT molecular complexity index is 1790. The highest BCUT2D eigenvalue weighted by Gasteiger charge is 2.53. The van der Waals surface area contributed by atoms with E-state index in [0.29, 0.717) is 28.5 Å². The number of halogens is 4. The van der Waals surface area contributed by atoms with Crippen LogP contribution in [0.2, 0.25) is 0 Å². The normalized spacial score (nSPS) is 19.7. The number of allylic oxidation sites excluding steroid dienone is 2. The average molecular weight is 586 g/mol. The Morgan fingerprint density at radius 2 is 1.73 bits per heavy atom. The molecule has 1 aromatic heterocycles. The largest absolute Gasteiger partial charge is 0.416 e. The number of para-hydroxylation sites is 1. The zero-order valence-electron chi connectivity index (χ0n) is 22.2. The van der Waals surface area contributed by atoms with E-state index in [9.17, 15) is 31.1 Å². The van der Waals surface area contributed by atoms with Crippen molar-refractivity contribution in [3.8, 4) is 11.1 Å². The molecular formula is C31H27F4NO4S. The minimum Gasteiger partial charge on any atom is -0.386 e. The first-order chi connectivity index (χ1) is 19.4. The maximum atomic E-state index is 14.8. The van der Waals surface area contributed by atoms with Crippen molar-refractivity contribution in [2.75, 3.05) is 6.61 Å². The molecular weight excluding hydrogens is 558 g/mol. The Labute approximate surface area is 235 Å². The molecule has 1 heterocycles. The van der Waals surface area contributed by atoms with Crippen LogP contribution in [0, 0.1) is 5.82 Å². The van der Waals surface area contributed by atoms with Gasteiger partial charge in [-0.25, -0.2) is 4.39 Å². The maximum absolute atomic E-state index is 14.8. The Morgan fingerprint density at radius 1 is 1.00 bits per heavy atom. The fourth-order valence-electron chi connectivity index (χ4n) is 5.40. The number of fused-ring (bicyclic) bond motifs is 1. The van der Waals surface area contributed by atoms with Crippen molar-refractivity contribution in [1.29, 1.82) is 0 Å². The molecule has 0 bridgehead atoms. The quantitative estimate of drug-likeness (QED) is 0.184. The van der Waals surface area contributed by atoms with Gasteiger partial charge in [0.25, 0.3) is 10.1 Å². The number of hydrogen-bond acceptors (Lipinski definition) is 4. The number of aliphatic hydroxyl groups is 1. The lowest BCUT2D eigenvalue weighted by Gasteiger charge is -2.44. The summed E-state index contributed by atoms with van der Waals surface area (Å²) in [6.45, 7) is 3.23. The van der Waals surface area contributed by atoms with Crippen LogP contribution in [-0.2, 0) is 26.0 Å². The molecule has 5 nitrogen and oxygen atoms in total. The molecule has 0 aliphatic heterocycles. The summed E-state index contributed by atoms with van der Waals surface area (Å²) in [4.78, 5) is -0.335. The molecule has 4 aromatic rings. The summed E-state index contributed by atoms with van der Waals surface area (Å²) in [7, 11) is -4.50. The summed E-state index contributed by atoms with van der Waals surface area (Å²) in [5.74, 6) is -0.665. The van der Waals surface area contributed by atoms with Crippen LogP contribution in [-0.4, -0.2) is 30.8 Å². The van der Waals surface area contributed by atoms with Crippen molar-refractivity contribution in [2.24, 2.45) is 0 Å². The molecule has 1 aliphatic rings. The van der Waals surface area contributed by atoms with Crippen LogP contribution in [0.1, 0.15) is 31.4 Å². The summed E-state index contributed by atoms with van der Waals surface area (Å²) in [6.07, 6.45) is -1.41. The van der Waals surface area contributed by atoms with E-state index in [0.717, 1.165) is 18.2 Å². The number of aliphatic hydroxyl groups excluding tert-OH is 1. The van der Waals surface area contributed by atoms with Crippen molar-refractivity contribution in [3.63, 3.8) is 0 Å². The SMILES string of the molecule is CCCOS(=O)(=O)C1=CC=C(C)[C@H](O)[C@]1(c1cccc(F)c1)n1cc(-c2cccc(C(F)(F)F)c2)c2ccccc21. The first-order valence-corrected chi connectivity index (χ1v) is 14.3. The van der Waals surface area contributed by atoms with Crippen LogP contribution in [0.3, 0.4) is 0 Å². The van der Waals surface area contributed by atoms with Crippen LogP contribution in [0.5, 0.6) is 0 Å².